The van der Waals surface area contributed by atoms with Gasteiger partial charge in [0.1, 0.15) is 0 Å². The van der Waals surface area contributed by atoms with Gasteiger partial charge in [0.25, 0.3) is 5.54 Å². The van der Waals surface area contributed by atoms with Crippen LogP contribution >= 0.6 is 0 Å². The van der Waals surface area contributed by atoms with Gasteiger partial charge in [-0.3, -0.25) is 0 Å². The maximum absolute atomic E-state index is 13.9. The monoisotopic (exact) mass is 183 g/mol. The fourth-order valence-corrected chi connectivity index (χ4v) is 2.15. The van der Waals surface area contributed by atoms with Crippen LogP contribution in [0.4, 0.5) is 4.39 Å². The summed E-state index contributed by atoms with van der Waals surface area (Å²) in [6.45, 7) is 10.3. The van der Waals surface area contributed by atoms with Gasteiger partial charge in [-0.2, -0.15) is 0 Å². The quantitative estimate of drug-likeness (QED) is 0.431. The SMILES string of the molecule is [C-]#[N+]C1(C(C)(C)F)CCCCCC1. The second-order valence-electron chi connectivity index (χ2n) is 4.53. The molecule has 1 fully saturated rings. The first-order chi connectivity index (χ1) is 6.02. The van der Waals surface area contributed by atoms with Gasteiger partial charge in [0.15, 0.2) is 5.67 Å². The Morgan fingerprint density at radius 2 is 1.62 bits per heavy atom. The van der Waals surface area contributed by atoms with Crippen LogP contribution in [0.25, 0.3) is 4.85 Å². The first-order valence-electron chi connectivity index (χ1n) is 5.09. The van der Waals surface area contributed by atoms with Crippen LogP contribution in [0.15, 0.2) is 0 Å². The number of hydrogen-bond donors (Lipinski definition) is 0. The third kappa shape index (κ3) is 2.02. The molecule has 0 atom stereocenters. The molecule has 2 heteroatoms. The molecule has 1 rings (SSSR count). The molecule has 0 bridgehead atoms. The topological polar surface area (TPSA) is 4.36 Å². The highest BCUT2D eigenvalue weighted by Crippen LogP contribution is 2.41. The fraction of sp³-hybridized carbons (Fsp3) is 0.909. The van der Waals surface area contributed by atoms with Crippen molar-refractivity contribution < 1.29 is 4.39 Å². The molecular weight excluding hydrogens is 165 g/mol. The van der Waals surface area contributed by atoms with Crippen molar-refractivity contribution in [2.75, 3.05) is 0 Å². The minimum Gasteiger partial charge on any atom is -0.307 e. The van der Waals surface area contributed by atoms with Crippen molar-refractivity contribution in [3.8, 4) is 0 Å². The van der Waals surface area contributed by atoms with Crippen molar-refractivity contribution in [1.29, 1.82) is 0 Å². The Bertz CT molecular complexity index is 201. The zero-order valence-corrected chi connectivity index (χ0v) is 8.57. The Morgan fingerprint density at radius 3 is 1.92 bits per heavy atom. The zero-order valence-electron chi connectivity index (χ0n) is 8.57. The molecule has 0 amide bonds. The van der Waals surface area contributed by atoms with Crippen molar-refractivity contribution in [3.63, 3.8) is 0 Å². The normalized spacial score (nSPS) is 23.2. The summed E-state index contributed by atoms with van der Waals surface area (Å²) >= 11 is 0. The van der Waals surface area contributed by atoms with E-state index in [2.05, 4.69) is 4.85 Å². The van der Waals surface area contributed by atoms with E-state index in [9.17, 15) is 4.39 Å². The third-order valence-corrected chi connectivity index (χ3v) is 3.25. The minimum absolute atomic E-state index is 0.733. The molecule has 0 saturated heterocycles. The van der Waals surface area contributed by atoms with Gasteiger partial charge in [-0.25, -0.2) is 11.0 Å². The van der Waals surface area contributed by atoms with Gasteiger partial charge in [-0.15, -0.1) is 0 Å². The van der Waals surface area contributed by atoms with E-state index in [1.54, 1.807) is 13.8 Å². The van der Waals surface area contributed by atoms with Crippen molar-refractivity contribution in [3.05, 3.63) is 11.4 Å². The molecule has 0 unspecified atom stereocenters. The highest BCUT2D eigenvalue weighted by atomic mass is 19.1. The van der Waals surface area contributed by atoms with Gasteiger partial charge in [-0.05, 0) is 26.7 Å². The molecular formula is C11H18FN. The van der Waals surface area contributed by atoms with E-state index < -0.39 is 11.2 Å². The molecule has 0 aliphatic heterocycles. The van der Waals surface area contributed by atoms with E-state index in [1.165, 1.54) is 0 Å². The number of nitrogens with zero attached hydrogens (tertiary/aromatic N) is 1. The first-order valence-corrected chi connectivity index (χ1v) is 5.09. The fourth-order valence-electron chi connectivity index (χ4n) is 2.15. The lowest BCUT2D eigenvalue weighted by Gasteiger charge is -2.29. The molecule has 0 aromatic heterocycles. The summed E-state index contributed by atoms with van der Waals surface area (Å²) in [5, 5.41) is 0. The average Bonchev–Trinajstić information content (AvgIpc) is 2.27. The average molecular weight is 183 g/mol. The summed E-state index contributed by atoms with van der Waals surface area (Å²) in [5.41, 5.74) is -2.08. The standard InChI is InChI=1S/C11H18FN/c1-10(2,12)11(13-3)8-6-4-5-7-9-11/h4-9H2,1-2H3. The van der Waals surface area contributed by atoms with Crippen molar-refractivity contribution in [1.82, 2.24) is 0 Å². The predicted octanol–water partition coefficient (Wildman–Crippen LogP) is 3.75. The van der Waals surface area contributed by atoms with Crippen LogP contribution < -0.4 is 0 Å². The number of hydrogen-bond acceptors (Lipinski definition) is 0. The molecule has 0 radical (unpaired) electrons. The second-order valence-corrected chi connectivity index (χ2v) is 4.53. The summed E-state index contributed by atoms with van der Waals surface area (Å²) in [7, 11) is 0. The van der Waals surface area contributed by atoms with E-state index in [-0.39, 0.29) is 0 Å². The molecule has 13 heavy (non-hydrogen) atoms. The van der Waals surface area contributed by atoms with E-state index >= 15 is 0 Å². The highest BCUT2D eigenvalue weighted by molar-refractivity contribution is 5.10. The van der Waals surface area contributed by atoms with Gasteiger partial charge in [0.05, 0.1) is 0 Å². The van der Waals surface area contributed by atoms with Gasteiger partial charge in [0, 0.05) is 12.8 Å². The molecule has 1 aliphatic rings. The number of rotatable bonds is 1. The van der Waals surface area contributed by atoms with Crippen molar-refractivity contribution in [2.45, 2.75) is 63.6 Å². The van der Waals surface area contributed by atoms with Crippen LogP contribution in [-0.2, 0) is 0 Å². The van der Waals surface area contributed by atoms with Crippen molar-refractivity contribution >= 4 is 0 Å². The Morgan fingerprint density at radius 1 is 1.15 bits per heavy atom. The molecule has 0 aromatic rings. The molecule has 1 nitrogen and oxygen atoms in total. The summed E-state index contributed by atoms with van der Waals surface area (Å²) < 4.78 is 13.9. The lowest BCUT2D eigenvalue weighted by Crippen LogP contribution is -2.43. The van der Waals surface area contributed by atoms with Gasteiger partial charge >= 0.3 is 0 Å². The highest BCUT2D eigenvalue weighted by Gasteiger charge is 2.52. The zero-order chi connectivity index (χ0) is 9.95. The number of halogens is 1. The third-order valence-electron chi connectivity index (χ3n) is 3.25. The maximum atomic E-state index is 13.9. The van der Waals surface area contributed by atoms with E-state index in [0.29, 0.717) is 0 Å². The molecule has 74 valence electrons. The summed E-state index contributed by atoms with van der Waals surface area (Å²) in [6, 6.07) is 0. The largest absolute Gasteiger partial charge is 0.307 e. The maximum Gasteiger partial charge on any atom is 0.265 e. The van der Waals surface area contributed by atoms with E-state index in [0.717, 1.165) is 38.5 Å². The minimum atomic E-state index is -1.35. The van der Waals surface area contributed by atoms with Crippen LogP contribution in [0.1, 0.15) is 52.4 Å². The lowest BCUT2D eigenvalue weighted by atomic mass is 9.78. The first kappa shape index (κ1) is 10.5. The molecule has 1 saturated carbocycles. The Balaban J connectivity index is 2.85. The Labute approximate surface area is 80.2 Å². The van der Waals surface area contributed by atoms with Crippen LogP contribution in [0.5, 0.6) is 0 Å². The van der Waals surface area contributed by atoms with Crippen LogP contribution in [0, 0.1) is 6.57 Å². The van der Waals surface area contributed by atoms with E-state index in [1.807, 2.05) is 0 Å². The second kappa shape index (κ2) is 3.65. The van der Waals surface area contributed by atoms with Crippen LogP contribution in [0.2, 0.25) is 0 Å². The summed E-state index contributed by atoms with van der Waals surface area (Å²) in [4.78, 5) is 3.59. The molecule has 0 aromatic carbocycles. The van der Waals surface area contributed by atoms with Crippen LogP contribution in [0.3, 0.4) is 0 Å². The lowest BCUT2D eigenvalue weighted by molar-refractivity contribution is 0.108. The Hall–Kier alpha value is -0.580. The van der Waals surface area contributed by atoms with Crippen LogP contribution in [-0.4, -0.2) is 11.2 Å². The van der Waals surface area contributed by atoms with Crippen molar-refractivity contribution in [2.24, 2.45) is 0 Å². The van der Waals surface area contributed by atoms with Gasteiger partial charge in [-0.1, -0.05) is 12.8 Å². The summed E-state index contributed by atoms with van der Waals surface area (Å²) in [5.74, 6) is 0. The molecule has 1 aliphatic carbocycles. The predicted molar refractivity (Wildman–Crippen MR) is 52.2 cm³/mol. The molecule has 0 heterocycles. The number of alkyl halides is 1. The summed E-state index contributed by atoms with van der Waals surface area (Å²) in [6.07, 6.45) is 5.81. The molecule has 0 spiro atoms. The van der Waals surface area contributed by atoms with Gasteiger partial charge in [0.2, 0.25) is 0 Å². The molecule has 0 N–H and O–H groups in total. The van der Waals surface area contributed by atoms with E-state index in [4.69, 9.17) is 6.57 Å². The van der Waals surface area contributed by atoms with Gasteiger partial charge < -0.3 is 4.85 Å². The Kier molecular flexibility index (Phi) is 2.95. The smallest absolute Gasteiger partial charge is 0.265 e.